The Morgan fingerprint density at radius 3 is 2.38 bits per heavy atom. The van der Waals surface area contributed by atoms with Crippen LogP contribution in [0.25, 0.3) is 33.1 Å². The molecule has 10 heteroatoms. The molecule has 0 atom stereocenters. The van der Waals surface area contributed by atoms with Crippen LogP contribution in [0.3, 0.4) is 0 Å². The van der Waals surface area contributed by atoms with E-state index < -0.39 is 21.8 Å². The molecule has 0 bridgehead atoms. The number of fused-ring (bicyclic) bond motifs is 3. The Morgan fingerprint density at radius 2 is 1.73 bits per heavy atom. The van der Waals surface area contributed by atoms with E-state index in [9.17, 15) is 17.6 Å². The van der Waals surface area contributed by atoms with E-state index in [2.05, 4.69) is 9.97 Å². The molecule has 1 N–H and O–H groups in total. The number of ether oxygens (including phenoxy) is 1. The molecule has 2 heterocycles. The summed E-state index contributed by atoms with van der Waals surface area (Å²) in [6, 6.07) is 20.2. The van der Waals surface area contributed by atoms with Crippen LogP contribution in [0.4, 0.5) is 10.1 Å². The number of esters is 1. The third-order valence-corrected chi connectivity index (χ3v) is 7.89. The van der Waals surface area contributed by atoms with Gasteiger partial charge in [-0.05, 0) is 60.7 Å². The normalized spacial score (nSPS) is 11.4. The van der Waals surface area contributed by atoms with E-state index >= 15 is 0 Å². The Balaban J connectivity index is 1.58. The first kappa shape index (κ1) is 24.0. The van der Waals surface area contributed by atoms with Crippen LogP contribution in [0, 0.1) is 17.1 Å². The number of aromatic amines is 1. The quantitative estimate of drug-likeness (QED) is 0.330. The van der Waals surface area contributed by atoms with Gasteiger partial charge in [-0.15, -0.1) is 0 Å². The van der Waals surface area contributed by atoms with Crippen molar-refractivity contribution in [2.45, 2.75) is 4.90 Å². The minimum Gasteiger partial charge on any atom is -0.464 e. The lowest BCUT2D eigenvalue weighted by atomic mass is 10.1. The van der Waals surface area contributed by atoms with Crippen LogP contribution in [0.5, 0.6) is 0 Å². The molecule has 0 aliphatic rings. The number of carbonyl (C=O) groups is 1. The number of hydrogen-bond acceptors (Lipinski definition) is 6. The lowest BCUT2D eigenvalue weighted by Gasteiger charge is -2.20. The summed E-state index contributed by atoms with van der Waals surface area (Å²) in [5, 5.41) is 10.3. The standard InChI is InChI=1S/C27H19FN4O4S/c1-32(37(34,35)20-10-3-16(15-29)4-11-20)19-8-5-17(6-9-19)25-26-22(14-24(31-25)27(33)36-2)21-12-7-18(28)13-23(21)30-26/h3-14,30H,1-2H3. The highest BCUT2D eigenvalue weighted by molar-refractivity contribution is 7.92. The van der Waals surface area contributed by atoms with Crippen LogP contribution >= 0.6 is 0 Å². The van der Waals surface area contributed by atoms with Crippen LogP contribution < -0.4 is 4.31 Å². The zero-order valence-electron chi connectivity index (χ0n) is 19.7. The summed E-state index contributed by atoms with van der Waals surface area (Å²) in [6.45, 7) is 0. The van der Waals surface area contributed by atoms with E-state index in [0.717, 1.165) is 9.69 Å². The van der Waals surface area contributed by atoms with Crippen molar-refractivity contribution in [3.05, 3.63) is 89.9 Å². The van der Waals surface area contributed by atoms with Crippen LogP contribution in [0.1, 0.15) is 16.1 Å². The predicted molar refractivity (Wildman–Crippen MR) is 137 cm³/mol. The number of benzene rings is 3. The van der Waals surface area contributed by atoms with Gasteiger partial charge in [-0.1, -0.05) is 12.1 Å². The molecule has 0 aliphatic carbocycles. The molecule has 0 unspecified atom stereocenters. The first-order valence-corrected chi connectivity index (χ1v) is 12.5. The Bertz CT molecular complexity index is 1820. The molecular weight excluding hydrogens is 495 g/mol. The van der Waals surface area contributed by atoms with Crippen molar-refractivity contribution in [1.82, 2.24) is 9.97 Å². The summed E-state index contributed by atoms with van der Waals surface area (Å²) in [6.07, 6.45) is 0. The van der Waals surface area contributed by atoms with Gasteiger partial charge in [0, 0.05) is 28.9 Å². The van der Waals surface area contributed by atoms with Gasteiger partial charge in [0.25, 0.3) is 10.0 Å². The third-order valence-electron chi connectivity index (χ3n) is 6.09. The molecular formula is C27H19FN4O4S. The van der Waals surface area contributed by atoms with Gasteiger partial charge in [-0.3, -0.25) is 4.31 Å². The number of rotatable bonds is 5. The number of nitriles is 1. The number of nitrogens with one attached hydrogen (secondary N) is 1. The van der Waals surface area contributed by atoms with Gasteiger partial charge in [0.2, 0.25) is 0 Å². The van der Waals surface area contributed by atoms with Crippen LogP contribution in [-0.2, 0) is 14.8 Å². The molecule has 37 heavy (non-hydrogen) atoms. The lowest BCUT2D eigenvalue weighted by molar-refractivity contribution is 0.0594. The Kier molecular flexibility index (Phi) is 5.85. The largest absolute Gasteiger partial charge is 0.464 e. The molecule has 5 rings (SSSR count). The van der Waals surface area contributed by atoms with Gasteiger partial charge < -0.3 is 9.72 Å². The molecule has 0 radical (unpaired) electrons. The van der Waals surface area contributed by atoms with Crippen molar-refractivity contribution < 1.29 is 22.3 Å². The fraction of sp³-hybridized carbons (Fsp3) is 0.0741. The van der Waals surface area contributed by atoms with E-state index in [1.165, 1.54) is 50.6 Å². The van der Waals surface area contributed by atoms with Gasteiger partial charge in [-0.25, -0.2) is 22.6 Å². The molecule has 184 valence electrons. The van der Waals surface area contributed by atoms with Gasteiger partial charge in [-0.2, -0.15) is 5.26 Å². The minimum atomic E-state index is -3.87. The molecule has 3 aromatic carbocycles. The average molecular weight is 515 g/mol. The zero-order valence-corrected chi connectivity index (χ0v) is 20.5. The van der Waals surface area contributed by atoms with Crippen LogP contribution in [-0.4, -0.2) is 38.5 Å². The highest BCUT2D eigenvalue weighted by Crippen LogP contribution is 2.34. The Hall–Kier alpha value is -4.75. The van der Waals surface area contributed by atoms with E-state index in [1.807, 2.05) is 6.07 Å². The van der Waals surface area contributed by atoms with Crippen molar-refractivity contribution in [2.24, 2.45) is 0 Å². The first-order valence-electron chi connectivity index (χ1n) is 11.0. The van der Waals surface area contributed by atoms with E-state index in [0.29, 0.717) is 38.9 Å². The second-order valence-corrected chi connectivity index (χ2v) is 10.2. The smallest absolute Gasteiger partial charge is 0.356 e. The monoisotopic (exact) mass is 514 g/mol. The van der Waals surface area contributed by atoms with Crippen molar-refractivity contribution in [1.29, 1.82) is 5.26 Å². The van der Waals surface area contributed by atoms with E-state index in [1.54, 1.807) is 36.4 Å². The van der Waals surface area contributed by atoms with Gasteiger partial charge in [0.05, 0.1) is 40.5 Å². The highest BCUT2D eigenvalue weighted by Gasteiger charge is 2.22. The number of hydrogen-bond donors (Lipinski definition) is 1. The predicted octanol–water partition coefficient (Wildman–Crippen LogP) is 5.01. The zero-order chi connectivity index (χ0) is 26.3. The average Bonchev–Trinajstić information content (AvgIpc) is 3.29. The summed E-state index contributed by atoms with van der Waals surface area (Å²) in [4.78, 5) is 20.1. The first-order chi connectivity index (χ1) is 17.7. The number of methoxy groups -OCH3 is 1. The number of pyridine rings is 1. The molecule has 0 aliphatic heterocycles. The number of nitrogens with zero attached hydrogens (tertiary/aromatic N) is 3. The summed E-state index contributed by atoms with van der Waals surface area (Å²) >= 11 is 0. The number of halogens is 1. The molecule has 0 fully saturated rings. The minimum absolute atomic E-state index is 0.0533. The van der Waals surface area contributed by atoms with Crippen molar-refractivity contribution in [3.63, 3.8) is 0 Å². The summed E-state index contributed by atoms with van der Waals surface area (Å²) in [5.74, 6) is -1.03. The second kappa shape index (κ2) is 9.04. The molecule has 2 aromatic heterocycles. The van der Waals surface area contributed by atoms with Gasteiger partial charge in [0.1, 0.15) is 11.5 Å². The maximum atomic E-state index is 13.8. The number of anilines is 1. The topological polar surface area (TPSA) is 116 Å². The Labute approximate surface area is 211 Å². The Morgan fingerprint density at radius 1 is 1.03 bits per heavy atom. The third kappa shape index (κ3) is 4.15. The number of sulfonamides is 1. The molecule has 0 saturated heterocycles. The summed E-state index contributed by atoms with van der Waals surface area (Å²) in [5.41, 5.74) is 3.02. The molecule has 8 nitrogen and oxygen atoms in total. The van der Waals surface area contributed by atoms with Crippen molar-refractivity contribution in [3.8, 4) is 17.3 Å². The highest BCUT2D eigenvalue weighted by atomic mass is 32.2. The molecule has 0 saturated carbocycles. The SMILES string of the molecule is COC(=O)c1cc2c([nH]c3cc(F)ccc32)c(-c2ccc(N(C)S(=O)(=O)c3ccc(C#N)cc3)cc2)n1. The van der Waals surface area contributed by atoms with Crippen molar-refractivity contribution in [2.75, 3.05) is 18.5 Å². The number of carbonyl (C=O) groups excluding carboxylic acids is 1. The van der Waals surface area contributed by atoms with Gasteiger partial charge in [0.15, 0.2) is 0 Å². The molecule has 0 amide bonds. The summed E-state index contributed by atoms with van der Waals surface area (Å²) in [7, 11) is -1.17. The number of aromatic nitrogens is 2. The van der Waals surface area contributed by atoms with E-state index in [4.69, 9.17) is 10.00 Å². The van der Waals surface area contributed by atoms with Crippen LogP contribution in [0.15, 0.2) is 77.7 Å². The molecule has 0 spiro atoms. The van der Waals surface area contributed by atoms with E-state index in [-0.39, 0.29) is 10.6 Å². The lowest BCUT2D eigenvalue weighted by Crippen LogP contribution is -2.26. The second-order valence-electron chi connectivity index (χ2n) is 8.24. The fourth-order valence-corrected chi connectivity index (χ4v) is 5.31. The maximum absolute atomic E-state index is 13.8. The maximum Gasteiger partial charge on any atom is 0.356 e. The van der Waals surface area contributed by atoms with Crippen LogP contribution in [0.2, 0.25) is 0 Å². The summed E-state index contributed by atoms with van der Waals surface area (Å²) < 4.78 is 46.0. The fourth-order valence-electron chi connectivity index (χ4n) is 4.12. The van der Waals surface area contributed by atoms with Gasteiger partial charge >= 0.3 is 5.97 Å². The number of H-pyrrole nitrogens is 1. The molecule has 5 aromatic rings. The van der Waals surface area contributed by atoms with Crippen molar-refractivity contribution >= 4 is 43.5 Å².